The number of thiophene rings is 1. The zero-order chi connectivity index (χ0) is 52.8. The Bertz CT molecular complexity index is 2200. The summed E-state index contributed by atoms with van der Waals surface area (Å²) in [4.78, 5) is 149. The smallest absolute Gasteiger partial charge is 0.245 e. The van der Waals surface area contributed by atoms with Crippen LogP contribution >= 0.6 is 23.1 Å². The Labute approximate surface area is 420 Å². The Morgan fingerprint density at radius 2 is 1.46 bits per heavy atom. The summed E-state index contributed by atoms with van der Waals surface area (Å²) < 4.78 is 0. The number of nitrogens with two attached hydrogens (primary N) is 3. The van der Waals surface area contributed by atoms with Crippen LogP contribution in [0.4, 0.5) is 0 Å². The van der Waals surface area contributed by atoms with Crippen molar-refractivity contribution >= 4 is 88.1 Å². The number of carbonyl (C=O) groups excluding carboxylic acids is 11. The fourth-order valence-corrected chi connectivity index (χ4v) is 8.89. The third-order valence-electron chi connectivity index (χ3n) is 11.2. The standard InChI is InChI=1S/C46H67N11O12S2/c1-5-26(4)40-45(68)53-30(12-13-35(47)59)42(65)55-34(21-36(48)60)43(66)54-31(14-17-70-18-15-38(62)51-33(44(67)56-40)20-27-8-10-28(58)11-9-27)46(69)57(23-29-7-6-16-71-29)24-39(63)52-32(19-25(2)3)41(64)50-22-37(49)61/h6-11,16,25-26,30-34,40,58H,5,12-15,17-24H2,1-4H3,(H2,47,59)(H2,48,60)(H2,49,61)(H,50,64)(H,51,62)(H,52,63)(H,53,68)(H,54,66)(H,55,65)(H,56,67)/t26-,30-,31-,32-,33-,34-,40-/m0/s1. The minimum absolute atomic E-state index is 0.0278. The van der Waals surface area contributed by atoms with Crippen LogP contribution in [0.25, 0.3) is 0 Å². The fourth-order valence-electron chi connectivity index (χ4n) is 7.23. The van der Waals surface area contributed by atoms with Gasteiger partial charge in [0.05, 0.1) is 26.1 Å². The predicted molar refractivity (Wildman–Crippen MR) is 263 cm³/mol. The van der Waals surface area contributed by atoms with Gasteiger partial charge in [0.15, 0.2) is 0 Å². The molecule has 1 aromatic heterocycles. The first-order valence-corrected chi connectivity index (χ1v) is 25.2. The lowest BCUT2D eigenvalue weighted by Crippen LogP contribution is -2.61. The van der Waals surface area contributed by atoms with Gasteiger partial charge in [0.2, 0.25) is 65.0 Å². The average Bonchev–Trinajstić information content (AvgIpc) is 3.82. The van der Waals surface area contributed by atoms with E-state index in [2.05, 4.69) is 37.2 Å². The number of carbonyl (C=O) groups is 11. The highest BCUT2D eigenvalue weighted by Crippen LogP contribution is 2.18. The topological polar surface area (TPSA) is 374 Å². The van der Waals surface area contributed by atoms with Crippen molar-refractivity contribution in [3.63, 3.8) is 0 Å². The molecule has 2 aromatic rings. The SMILES string of the molecule is CC[C@H](C)[C@@H]1NC(=O)[C@H](Cc2ccc(O)cc2)NC(=O)CCSCC[C@@H](C(=O)N(CC(=O)N[C@@H](CC(C)C)C(=O)NCC(N)=O)Cc2cccs2)NC(=O)[C@H](CC(N)=O)NC(=O)[C@H](CCC(N)=O)NC1=O. The van der Waals surface area contributed by atoms with Gasteiger partial charge in [-0.05, 0) is 66.0 Å². The summed E-state index contributed by atoms with van der Waals surface area (Å²) in [5.41, 5.74) is 16.7. The van der Waals surface area contributed by atoms with Crippen molar-refractivity contribution in [1.29, 1.82) is 0 Å². The Hall–Kier alpha value is -6.76. The Balaban J connectivity index is 2.08. The van der Waals surface area contributed by atoms with Gasteiger partial charge in [0, 0.05) is 29.9 Å². The Kier molecular flexibility index (Phi) is 24.3. The number of benzene rings is 1. The molecule has 1 aliphatic rings. The first-order chi connectivity index (χ1) is 33.6. The molecule has 0 unspecified atom stereocenters. The van der Waals surface area contributed by atoms with E-state index in [4.69, 9.17) is 17.2 Å². The number of rotatable bonds is 20. The van der Waals surface area contributed by atoms with Gasteiger partial charge in [-0.1, -0.05) is 52.3 Å². The molecule has 0 radical (unpaired) electrons. The van der Waals surface area contributed by atoms with Crippen molar-refractivity contribution in [2.75, 3.05) is 24.6 Å². The van der Waals surface area contributed by atoms with E-state index in [1.807, 2.05) is 13.8 Å². The maximum Gasteiger partial charge on any atom is 0.245 e. The maximum atomic E-state index is 14.7. The first kappa shape index (κ1) is 58.6. The van der Waals surface area contributed by atoms with Gasteiger partial charge in [0.1, 0.15) is 42.0 Å². The van der Waals surface area contributed by atoms with E-state index in [0.29, 0.717) is 16.9 Å². The van der Waals surface area contributed by atoms with Crippen molar-refractivity contribution in [3.05, 3.63) is 52.2 Å². The summed E-state index contributed by atoms with van der Waals surface area (Å²) >= 11 is 2.49. The molecular weight excluding hydrogens is 963 g/mol. The van der Waals surface area contributed by atoms with Crippen LogP contribution in [0.2, 0.25) is 0 Å². The molecule has 1 aliphatic heterocycles. The fraction of sp³-hybridized carbons (Fsp3) is 0.543. The molecule has 71 heavy (non-hydrogen) atoms. The largest absolute Gasteiger partial charge is 0.508 e. The number of amides is 11. The molecule has 23 nitrogen and oxygen atoms in total. The Morgan fingerprint density at radius 3 is 2.07 bits per heavy atom. The minimum atomic E-state index is -1.75. The quantitative estimate of drug-likeness (QED) is 0.0705. The van der Waals surface area contributed by atoms with E-state index in [-0.39, 0.29) is 61.8 Å². The van der Waals surface area contributed by atoms with Gasteiger partial charge in [-0.25, -0.2) is 0 Å². The van der Waals surface area contributed by atoms with Gasteiger partial charge < -0.3 is 64.4 Å². The number of phenolic OH excluding ortho intramolecular Hbond substituents is 1. The van der Waals surface area contributed by atoms with Crippen molar-refractivity contribution in [1.82, 2.24) is 42.1 Å². The lowest BCUT2D eigenvalue weighted by molar-refractivity contribution is -0.141. The van der Waals surface area contributed by atoms with Gasteiger partial charge in [0.25, 0.3) is 0 Å². The molecule has 11 amide bonds. The normalized spacial score (nSPS) is 20.6. The van der Waals surface area contributed by atoms with E-state index in [1.54, 1.807) is 43.5 Å². The lowest BCUT2D eigenvalue weighted by atomic mass is 9.96. The summed E-state index contributed by atoms with van der Waals surface area (Å²) in [6.45, 7) is 5.82. The number of hydrogen-bond acceptors (Lipinski definition) is 14. The zero-order valence-electron chi connectivity index (χ0n) is 40.3. The van der Waals surface area contributed by atoms with Crippen LogP contribution in [0.15, 0.2) is 41.8 Å². The molecule has 1 saturated heterocycles. The third kappa shape index (κ3) is 21.0. The van der Waals surface area contributed by atoms with Crippen LogP contribution in [0.3, 0.4) is 0 Å². The molecule has 0 bridgehead atoms. The van der Waals surface area contributed by atoms with E-state index < -0.39 is 133 Å². The van der Waals surface area contributed by atoms with Crippen LogP contribution in [-0.4, -0.2) is 136 Å². The van der Waals surface area contributed by atoms with Crippen molar-refractivity contribution in [3.8, 4) is 5.75 Å². The molecule has 1 fully saturated rings. The molecule has 3 rings (SSSR count). The van der Waals surface area contributed by atoms with E-state index in [1.165, 1.54) is 35.2 Å². The summed E-state index contributed by atoms with van der Waals surface area (Å²) in [6.07, 6.45) is -1.37. The van der Waals surface area contributed by atoms with E-state index >= 15 is 0 Å². The number of aromatic hydroxyl groups is 1. The van der Waals surface area contributed by atoms with Crippen LogP contribution in [-0.2, 0) is 65.7 Å². The molecule has 0 spiro atoms. The zero-order valence-corrected chi connectivity index (χ0v) is 41.9. The second-order valence-electron chi connectivity index (χ2n) is 17.6. The van der Waals surface area contributed by atoms with Crippen molar-refractivity contribution in [2.45, 2.75) is 122 Å². The number of phenols is 1. The number of thioether (sulfide) groups is 1. The number of nitrogens with zero attached hydrogens (tertiary/aromatic N) is 1. The van der Waals surface area contributed by atoms with Crippen LogP contribution < -0.4 is 54.4 Å². The molecule has 2 heterocycles. The van der Waals surface area contributed by atoms with Crippen LogP contribution in [0.5, 0.6) is 5.75 Å². The van der Waals surface area contributed by atoms with Gasteiger partial charge in [-0.15, -0.1) is 11.3 Å². The van der Waals surface area contributed by atoms with Crippen LogP contribution in [0.1, 0.15) is 83.1 Å². The monoisotopic (exact) mass is 1030 g/mol. The third-order valence-corrected chi connectivity index (χ3v) is 13.1. The first-order valence-electron chi connectivity index (χ1n) is 23.2. The molecule has 25 heteroatoms. The molecule has 1 aromatic carbocycles. The minimum Gasteiger partial charge on any atom is -0.508 e. The highest BCUT2D eigenvalue weighted by Gasteiger charge is 2.36. The number of hydrogen-bond donors (Lipinski definition) is 11. The Morgan fingerprint density at radius 1 is 0.803 bits per heavy atom. The summed E-state index contributed by atoms with van der Waals surface area (Å²) in [7, 11) is 0. The molecular formula is C46H67N11O12S2. The predicted octanol–water partition coefficient (Wildman–Crippen LogP) is -1.70. The van der Waals surface area contributed by atoms with Gasteiger partial charge in [-0.3, -0.25) is 52.7 Å². The lowest BCUT2D eigenvalue weighted by Gasteiger charge is -2.30. The summed E-state index contributed by atoms with van der Waals surface area (Å²) in [5, 5.41) is 29.6. The highest BCUT2D eigenvalue weighted by atomic mass is 32.2. The molecule has 0 aliphatic carbocycles. The summed E-state index contributed by atoms with van der Waals surface area (Å²) in [6, 6.07) is 0.979. The average molecular weight is 1030 g/mol. The summed E-state index contributed by atoms with van der Waals surface area (Å²) in [5.74, 6) is -9.55. The molecule has 7 atom stereocenters. The molecule has 0 saturated carbocycles. The maximum absolute atomic E-state index is 14.7. The molecule has 390 valence electrons. The highest BCUT2D eigenvalue weighted by molar-refractivity contribution is 7.99. The van der Waals surface area contributed by atoms with Crippen molar-refractivity contribution in [2.24, 2.45) is 29.0 Å². The van der Waals surface area contributed by atoms with E-state index in [0.717, 1.165) is 4.90 Å². The van der Waals surface area contributed by atoms with Crippen LogP contribution in [0, 0.1) is 11.8 Å². The number of nitrogens with one attached hydrogen (secondary N) is 7. The number of primary amides is 3. The van der Waals surface area contributed by atoms with Gasteiger partial charge >= 0.3 is 0 Å². The van der Waals surface area contributed by atoms with E-state index in [9.17, 15) is 57.8 Å². The second-order valence-corrected chi connectivity index (χ2v) is 19.8. The van der Waals surface area contributed by atoms with Gasteiger partial charge in [-0.2, -0.15) is 11.8 Å². The molecule has 14 N–H and O–H groups in total. The van der Waals surface area contributed by atoms with Crippen molar-refractivity contribution < 1.29 is 57.8 Å². The second kappa shape index (κ2) is 29.4.